The van der Waals surface area contributed by atoms with E-state index in [1.165, 1.54) is 29.0 Å². The Morgan fingerprint density at radius 3 is 2.56 bits per heavy atom. The lowest BCUT2D eigenvalue weighted by molar-refractivity contribution is 0.385. The fourth-order valence-corrected chi connectivity index (χ4v) is 4.14. The van der Waals surface area contributed by atoms with E-state index >= 15 is 0 Å². The van der Waals surface area contributed by atoms with Crippen molar-refractivity contribution >= 4 is 11.3 Å². The van der Waals surface area contributed by atoms with E-state index in [1.54, 1.807) is 11.3 Å². The summed E-state index contributed by atoms with van der Waals surface area (Å²) in [6.07, 6.45) is 3.23. The van der Waals surface area contributed by atoms with Crippen molar-refractivity contribution in [2.75, 3.05) is 0 Å². The number of thiazole rings is 1. The standard InChI is InChI=1S/C22H19N3OS/c1-14-4-2-3-5-18(14)12-20-24-21(25-26-20)16-8-6-15(7-9-16)19-13-27-22(23-19)17-10-11-17/h2-9,13,17H,10-12H2,1H3. The summed E-state index contributed by atoms with van der Waals surface area (Å²) in [5.74, 6) is 1.97. The van der Waals surface area contributed by atoms with Crippen LogP contribution in [0.3, 0.4) is 0 Å². The zero-order chi connectivity index (χ0) is 18.2. The fraction of sp³-hybridized carbons (Fsp3) is 0.227. The van der Waals surface area contributed by atoms with Gasteiger partial charge in [0.15, 0.2) is 0 Å². The van der Waals surface area contributed by atoms with Crippen LogP contribution in [0.5, 0.6) is 0 Å². The van der Waals surface area contributed by atoms with Gasteiger partial charge in [0.05, 0.1) is 17.1 Å². The summed E-state index contributed by atoms with van der Waals surface area (Å²) >= 11 is 1.77. The highest BCUT2D eigenvalue weighted by Gasteiger charge is 2.26. The molecule has 134 valence electrons. The maximum absolute atomic E-state index is 5.46. The van der Waals surface area contributed by atoms with Crippen molar-refractivity contribution in [3.05, 3.63) is 75.9 Å². The number of rotatable bonds is 5. The van der Waals surface area contributed by atoms with Crippen LogP contribution in [0.2, 0.25) is 0 Å². The topological polar surface area (TPSA) is 51.8 Å². The van der Waals surface area contributed by atoms with E-state index in [0.717, 1.165) is 16.8 Å². The summed E-state index contributed by atoms with van der Waals surface area (Å²) in [6.45, 7) is 2.10. The molecule has 0 spiro atoms. The fourth-order valence-electron chi connectivity index (χ4n) is 3.14. The van der Waals surface area contributed by atoms with Gasteiger partial charge in [-0.2, -0.15) is 4.98 Å². The van der Waals surface area contributed by atoms with Gasteiger partial charge >= 0.3 is 0 Å². The zero-order valence-electron chi connectivity index (χ0n) is 15.1. The lowest BCUT2D eigenvalue weighted by Gasteiger charge is -2.00. The predicted octanol–water partition coefficient (Wildman–Crippen LogP) is 5.64. The van der Waals surface area contributed by atoms with Gasteiger partial charge in [0.25, 0.3) is 0 Å². The van der Waals surface area contributed by atoms with Crippen molar-refractivity contribution < 1.29 is 4.52 Å². The Labute approximate surface area is 161 Å². The molecule has 27 heavy (non-hydrogen) atoms. The first-order chi connectivity index (χ1) is 13.3. The maximum Gasteiger partial charge on any atom is 0.231 e. The second-order valence-corrected chi connectivity index (χ2v) is 7.93. The summed E-state index contributed by atoms with van der Waals surface area (Å²) < 4.78 is 5.46. The first-order valence-corrected chi connectivity index (χ1v) is 10.1. The Bertz CT molecular complexity index is 1080. The number of aromatic nitrogens is 3. The highest BCUT2D eigenvalue weighted by Crippen LogP contribution is 2.42. The molecule has 0 unspecified atom stereocenters. The maximum atomic E-state index is 5.46. The summed E-state index contributed by atoms with van der Waals surface area (Å²) in [5.41, 5.74) is 5.58. The van der Waals surface area contributed by atoms with Crippen LogP contribution in [0.1, 0.15) is 40.8 Å². The summed E-state index contributed by atoms with van der Waals surface area (Å²) in [5, 5.41) is 7.57. The van der Waals surface area contributed by atoms with Crippen LogP contribution < -0.4 is 0 Å². The molecule has 0 bridgehead atoms. The first kappa shape index (κ1) is 16.4. The third kappa shape index (κ3) is 3.43. The third-order valence-corrected chi connectivity index (χ3v) is 5.97. The van der Waals surface area contributed by atoms with Crippen molar-refractivity contribution in [1.82, 2.24) is 15.1 Å². The number of hydrogen-bond donors (Lipinski definition) is 0. The van der Waals surface area contributed by atoms with Crippen molar-refractivity contribution in [1.29, 1.82) is 0 Å². The largest absolute Gasteiger partial charge is 0.339 e. The van der Waals surface area contributed by atoms with Crippen molar-refractivity contribution in [3.8, 4) is 22.6 Å². The molecule has 4 nitrogen and oxygen atoms in total. The van der Waals surface area contributed by atoms with Gasteiger partial charge in [0.2, 0.25) is 11.7 Å². The molecule has 5 heteroatoms. The number of benzene rings is 2. The molecule has 5 rings (SSSR count). The van der Waals surface area contributed by atoms with Crippen LogP contribution in [-0.4, -0.2) is 15.1 Å². The Morgan fingerprint density at radius 2 is 1.78 bits per heavy atom. The van der Waals surface area contributed by atoms with Gasteiger partial charge in [0.1, 0.15) is 0 Å². The smallest absolute Gasteiger partial charge is 0.231 e. The quantitative estimate of drug-likeness (QED) is 0.454. The highest BCUT2D eigenvalue weighted by molar-refractivity contribution is 7.10. The van der Waals surface area contributed by atoms with Gasteiger partial charge in [-0.25, -0.2) is 4.98 Å². The van der Waals surface area contributed by atoms with Crippen LogP contribution in [0.25, 0.3) is 22.6 Å². The third-order valence-electron chi connectivity index (χ3n) is 4.96. The molecule has 2 aromatic heterocycles. The molecule has 0 atom stereocenters. The molecule has 1 fully saturated rings. The lowest BCUT2D eigenvalue weighted by Crippen LogP contribution is -1.91. The van der Waals surface area contributed by atoms with Gasteiger partial charge < -0.3 is 4.52 Å². The van der Waals surface area contributed by atoms with E-state index in [-0.39, 0.29) is 0 Å². The molecule has 0 radical (unpaired) electrons. The van der Waals surface area contributed by atoms with Gasteiger partial charge in [-0.1, -0.05) is 53.7 Å². The molecule has 0 saturated heterocycles. The molecule has 0 aliphatic heterocycles. The van der Waals surface area contributed by atoms with Crippen LogP contribution >= 0.6 is 11.3 Å². The Hall–Kier alpha value is -2.79. The lowest BCUT2D eigenvalue weighted by atomic mass is 10.1. The van der Waals surface area contributed by atoms with Crippen LogP contribution in [0.4, 0.5) is 0 Å². The van der Waals surface area contributed by atoms with E-state index in [9.17, 15) is 0 Å². The Morgan fingerprint density at radius 1 is 1.00 bits per heavy atom. The minimum Gasteiger partial charge on any atom is -0.339 e. The van der Waals surface area contributed by atoms with Crippen LogP contribution in [0.15, 0.2) is 58.4 Å². The van der Waals surface area contributed by atoms with Crippen molar-refractivity contribution in [2.45, 2.75) is 32.1 Å². The van der Waals surface area contributed by atoms with E-state index in [0.29, 0.717) is 24.1 Å². The first-order valence-electron chi connectivity index (χ1n) is 9.19. The van der Waals surface area contributed by atoms with E-state index in [2.05, 4.69) is 46.7 Å². The molecule has 2 aromatic carbocycles. The number of hydrogen-bond acceptors (Lipinski definition) is 5. The van der Waals surface area contributed by atoms with Crippen molar-refractivity contribution in [3.63, 3.8) is 0 Å². The zero-order valence-corrected chi connectivity index (χ0v) is 15.9. The molecule has 1 aliphatic carbocycles. The predicted molar refractivity (Wildman–Crippen MR) is 107 cm³/mol. The summed E-state index contributed by atoms with van der Waals surface area (Å²) in [7, 11) is 0. The average molecular weight is 373 g/mol. The van der Waals surface area contributed by atoms with E-state index < -0.39 is 0 Å². The van der Waals surface area contributed by atoms with Gasteiger partial charge in [-0.15, -0.1) is 11.3 Å². The minimum absolute atomic E-state index is 0.627. The molecule has 2 heterocycles. The molecule has 1 saturated carbocycles. The second-order valence-electron chi connectivity index (χ2n) is 7.04. The van der Waals surface area contributed by atoms with E-state index in [1.807, 2.05) is 24.3 Å². The molecular weight excluding hydrogens is 354 g/mol. The monoisotopic (exact) mass is 373 g/mol. The molecule has 0 amide bonds. The highest BCUT2D eigenvalue weighted by atomic mass is 32.1. The second kappa shape index (κ2) is 6.74. The van der Waals surface area contributed by atoms with Gasteiger partial charge in [0, 0.05) is 22.4 Å². The molecular formula is C22H19N3OS. The summed E-state index contributed by atoms with van der Waals surface area (Å²) in [4.78, 5) is 9.34. The average Bonchev–Trinajstić information content (AvgIpc) is 3.24. The Balaban J connectivity index is 1.34. The molecule has 4 aromatic rings. The van der Waals surface area contributed by atoms with Crippen molar-refractivity contribution in [2.24, 2.45) is 0 Å². The Kier molecular flexibility index (Phi) is 4.09. The SMILES string of the molecule is Cc1ccccc1Cc1nc(-c2ccc(-c3csc(C4CC4)n3)cc2)no1. The van der Waals surface area contributed by atoms with Gasteiger partial charge in [-0.3, -0.25) is 0 Å². The van der Waals surface area contributed by atoms with Crippen LogP contribution in [0, 0.1) is 6.92 Å². The van der Waals surface area contributed by atoms with Gasteiger partial charge in [-0.05, 0) is 30.9 Å². The van der Waals surface area contributed by atoms with E-state index in [4.69, 9.17) is 9.51 Å². The number of aryl methyl sites for hydroxylation is 1. The number of nitrogens with zero attached hydrogens (tertiary/aromatic N) is 3. The molecule has 1 aliphatic rings. The van der Waals surface area contributed by atoms with Crippen LogP contribution in [-0.2, 0) is 6.42 Å². The molecule has 0 N–H and O–H groups in total. The normalized spacial score (nSPS) is 13.8. The minimum atomic E-state index is 0.627. The summed E-state index contributed by atoms with van der Waals surface area (Å²) in [6, 6.07) is 16.5.